The number of nitrogens with zero attached hydrogens (tertiary/aromatic N) is 1. The van der Waals surface area contributed by atoms with Crippen LogP contribution in [0.1, 0.15) is 69.8 Å². The van der Waals surface area contributed by atoms with E-state index in [0.29, 0.717) is 18.7 Å². The van der Waals surface area contributed by atoms with Crippen molar-refractivity contribution in [3.8, 4) is 0 Å². The summed E-state index contributed by atoms with van der Waals surface area (Å²) >= 11 is 0. The van der Waals surface area contributed by atoms with Crippen molar-refractivity contribution in [2.45, 2.75) is 46.0 Å². The van der Waals surface area contributed by atoms with E-state index >= 15 is 0 Å². The average molecular weight is 537 g/mol. The molecule has 190 valence electrons. The van der Waals surface area contributed by atoms with Gasteiger partial charge in [-0.05, 0) is 53.8 Å². The first-order valence-electron chi connectivity index (χ1n) is 11.8. The van der Waals surface area contributed by atoms with E-state index < -0.39 is 17.7 Å². The minimum absolute atomic E-state index is 0. The quantitative estimate of drug-likeness (QED) is 0.491. The van der Waals surface area contributed by atoms with E-state index in [2.05, 4.69) is 5.32 Å². The molecule has 9 heteroatoms. The Morgan fingerprint density at radius 2 is 1.62 bits per heavy atom. The average Bonchev–Trinajstić information content (AvgIpc) is 3.28. The summed E-state index contributed by atoms with van der Waals surface area (Å²) in [5.41, 5.74) is 3.09. The molecule has 1 aliphatic rings. The third kappa shape index (κ3) is 7.67. The molecule has 0 aliphatic carbocycles. The number of hydrogen-bond acceptors (Lipinski definition) is 4. The van der Waals surface area contributed by atoms with Gasteiger partial charge in [0.05, 0.1) is 28.8 Å². The Bertz CT molecular complexity index is 1210. The summed E-state index contributed by atoms with van der Waals surface area (Å²) in [5, 5.41) is 13.9. The number of halogens is 3. The molecule has 1 N–H and O–H groups in total. The Morgan fingerprint density at radius 1 is 1.00 bits per heavy atom. The summed E-state index contributed by atoms with van der Waals surface area (Å²) in [6.07, 6.45) is -3.65. The summed E-state index contributed by atoms with van der Waals surface area (Å²) in [4.78, 5) is 26.1. The number of rotatable bonds is 6. The third-order valence-corrected chi connectivity index (χ3v) is 5.98. The SMILES string of the molecule is CC.C[C@H](NC(=O)c1cccc2c1N(Cc1ccc(C(F)(F)F)cc1)CC2)c1ccc(C(=O)[O-])cc1.[K+]. The van der Waals surface area contributed by atoms with Crippen molar-refractivity contribution in [1.82, 2.24) is 5.32 Å². The molecule has 0 bridgehead atoms. The van der Waals surface area contributed by atoms with Crippen molar-refractivity contribution in [2.75, 3.05) is 11.4 Å². The van der Waals surface area contributed by atoms with Crippen LogP contribution in [0.5, 0.6) is 0 Å². The molecule has 1 atom stereocenters. The molecule has 0 saturated heterocycles. The fourth-order valence-electron chi connectivity index (χ4n) is 4.16. The molecule has 3 aromatic carbocycles. The first-order valence-corrected chi connectivity index (χ1v) is 11.8. The Hall–Kier alpha value is -2.17. The van der Waals surface area contributed by atoms with Crippen molar-refractivity contribution in [1.29, 1.82) is 0 Å². The van der Waals surface area contributed by atoms with Crippen LogP contribution in [0, 0.1) is 0 Å². The van der Waals surface area contributed by atoms with Crippen LogP contribution in [0.4, 0.5) is 18.9 Å². The minimum Gasteiger partial charge on any atom is -0.545 e. The maximum Gasteiger partial charge on any atom is 1.00 e. The summed E-state index contributed by atoms with van der Waals surface area (Å²) in [7, 11) is 0. The number of alkyl halides is 3. The van der Waals surface area contributed by atoms with E-state index in [1.165, 1.54) is 24.3 Å². The minimum atomic E-state index is -4.38. The molecule has 1 heterocycles. The predicted molar refractivity (Wildman–Crippen MR) is 131 cm³/mol. The van der Waals surface area contributed by atoms with Gasteiger partial charge in [-0.25, -0.2) is 0 Å². The van der Waals surface area contributed by atoms with Crippen molar-refractivity contribution >= 4 is 17.6 Å². The van der Waals surface area contributed by atoms with Gasteiger partial charge in [-0.1, -0.05) is 62.4 Å². The Labute approximate surface area is 257 Å². The van der Waals surface area contributed by atoms with Gasteiger partial charge in [0.25, 0.3) is 5.91 Å². The van der Waals surface area contributed by atoms with Crippen molar-refractivity contribution in [3.05, 3.63) is 100 Å². The van der Waals surface area contributed by atoms with E-state index in [4.69, 9.17) is 0 Å². The molecule has 0 spiro atoms. The molecule has 0 radical (unpaired) electrons. The number of para-hydroxylation sites is 1. The maximum absolute atomic E-state index is 13.1. The van der Waals surface area contributed by atoms with Gasteiger partial charge in [0.2, 0.25) is 0 Å². The molecule has 37 heavy (non-hydrogen) atoms. The van der Waals surface area contributed by atoms with Crippen molar-refractivity contribution < 1.29 is 79.3 Å². The number of benzene rings is 3. The van der Waals surface area contributed by atoms with Crippen LogP contribution in [0.2, 0.25) is 0 Å². The van der Waals surface area contributed by atoms with E-state index in [0.717, 1.165) is 40.9 Å². The zero-order chi connectivity index (χ0) is 26.5. The predicted octanol–water partition coefficient (Wildman–Crippen LogP) is 2.15. The standard InChI is InChI=1S/C26H23F3N2O3.C2H6.K/c1-16(18-7-9-20(10-8-18)25(33)34)30-24(32)22-4-2-3-19-13-14-31(23(19)22)15-17-5-11-21(12-6-17)26(27,28)29;1-2;/h2-12,16H,13-15H2,1H3,(H,30,32)(H,33,34);1-2H3;/q;;+1/p-1/t16-;;/m0../s1. The van der Waals surface area contributed by atoms with Gasteiger partial charge >= 0.3 is 57.6 Å². The fraction of sp³-hybridized carbons (Fsp3) is 0.286. The Balaban J connectivity index is 0.00000157. The van der Waals surface area contributed by atoms with Crippen LogP contribution >= 0.6 is 0 Å². The summed E-state index contributed by atoms with van der Waals surface area (Å²) < 4.78 is 38.6. The van der Waals surface area contributed by atoms with E-state index in [1.54, 1.807) is 25.1 Å². The van der Waals surface area contributed by atoms with E-state index in [1.807, 2.05) is 30.9 Å². The Kier molecular flexibility index (Phi) is 11.4. The van der Waals surface area contributed by atoms with Gasteiger partial charge in [0.15, 0.2) is 0 Å². The van der Waals surface area contributed by atoms with Crippen LogP contribution in [0.3, 0.4) is 0 Å². The monoisotopic (exact) mass is 536 g/mol. The van der Waals surface area contributed by atoms with Crippen LogP contribution in [-0.2, 0) is 19.1 Å². The summed E-state index contributed by atoms with van der Waals surface area (Å²) in [6, 6.07) is 16.3. The largest absolute Gasteiger partial charge is 1.00 e. The number of carbonyl (C=O) groups excluding carboxylic acids is 2. The summed E-state index contributed by atoms with van der Waals surface area (Å²) in [6.45, 7) is 6.84. The number of aromatic carboxylic acids is 1. The van der Waals surface area contributed by atoms with Crippen LogP contribution < -0.4 is 66.7 Å². The van der Waals surface area contributed by atoms with Crippen LogP contribution in [-0.4, -0.2) is 18.4 Å². The molecule has 0 unspecified atom stereocenters. The molecule has 1 amide bonds. The zero-order valence-corrected chi connectivity index (χ0v) is 24.5. The van der Waals surface area contributed by atoms with Gasteiger partial charge in [-0.15, -0.1) is 0 Å². The number of fused-ring (bicyclic) bond motifs is 1. The first-order chi connectivity index (χ1) is 17.1. The number of hydrogen-bond donors (Lipinski definition) is 1. The normalized spacial score (nSPS) is 13.0. The summed E-state index contributed by atoms with van der Waals surface area (Å²) in [5.74, 6) is -1.55. The molecule has 5 nitrogen and oxygen atoms in total. The van der Waals surface area contributed by atoms with Crippen molar-refractivity contribution in [3.63, 3.8) is 0 Å². The van der Waals surface area contributed by atoms with Gasteiger partial charge in [-0.3, -0.25) is 4.79 Å². The van der Waals surface area contributed by atoms with E-state index in [-0.39, 0.29) is 68.9 Å². The number of carboxylic acid groups (broad SMARTS) is 1. The molecule has 0 fully saturated rings. The molecule has 4 rings (SSSR count). The number of carboxylic acids is 1. The van der Waals surface area contributed by atoms with Gasteiger partial charge in [-0.2, -0.15) is 13.2 Å². The van der Waals surface area contributed by atoms with Crippen LogP contribution in [0.25, 0.3) is 0 Å². The van der Waals surface area contributed by atoms with Gasteiger partial charge in [0, 0.05) is 13.1 Å². The second-order valence-electron chi connectivity index (χ2n) is 8.28. The second-order valence-corrected chi connectivity index (χ2v) is 8.28. The molecular weight excluding hydrogens is 508 g/mol. The third-order valence-electron chi connectivity index (χ3n) is 5.98. The Morgan fingerprint density at radius 3 is 2.19 bits per heavy atom. The second kappa shape index (κ2) is 13.6. The molecule has 3 aromatic rings. The fourth-order valence-corrected chi connectivity index (χ4v) is 4.16. The number of carbonyl (C=O) groups is 2. The van der Waals surface area contributed by atoms with E-state index in [9.17, 15) is 27.9 Å². The van der Waals surface area contributed by atoms with Gasteiger partial charge in [0.1, 0.15) is 0 Å². The molecule has 1 aliphatic heterocycles. The number of nitrogens with one attached hydrogen (secondary N) is 1. The van der Waals surface area contributed by atoms with Crippen LogP contribution in [0.15, 0.2) is 66.7 Å². The molecule has 0 aromatic heterocycles. The molecular formula is C28H28F3KN2O3. The van der Waals surface area contributed by atoms with Gasteiger partial charge < -0.3 is 20.1 Å². The number of anilines is 1. The molecule has 0 saturated carbocycles. The smallest absolute Gasteiger partial charge is 0.545 e. The maximum atomic E-state index is 13.1. The zero-order valence-electron chi connectivity index (χ0n) is 21.4. The van der Waals surface area contributed by atoms with Crippen molar-refractivity contribution in [2.24, 2.45) is 0 Å². The topological polar surface area (TPSA) is 72.5 Å². The first kappa shape index (κ1) is 31.0. The number of amides is 1.